The standard InChI is InChI=1S/C25H21NO3S2/c1-2-28-22-15-19(13-14-21(22)29-17-18-9-5-3-6-10-18)16-23-24(27)26(25(30)31-23)20-11-7-4-8-12-20/h3-16H,2,17H2,1H3/b23-16-. The van der Waals surface area contributed by atoms with Gasteiger partial charge in [-0.3, -0.25) is 9.69 Å². The quantitative estimate of drug-likeness (QED) is 0.325. The van der Waals surface area contributed by atoms with Crippen molar-refractivity contribution in [1.82, 2.24) is 0 Å². The minimum absolute atomic E-state index is 0.122. The topological polar surface area (TPSA) is 38.8 Å². The molecule has 31 heavy (non-hydrogen) atoms. The highest BCUT2D eigenvalue weighted by atomic mass is 32.2. The number of benzene rings is 3. The Labute approximate surface area is 191 Å². The van der Waals surface area contributed by atoms with Gasteiger partial charge in [-0.1, -0.05) is 78.6 Å². The largest absolute Gasteiger partial charge is 0.490 e. The number of amides is 1. The molecule has 0 atom stereocenters. The molecule has 156 valence electrons. The Balaban J connectivity index is 1.55. The van der Waals surface area contributed by atoms with Gasteiger partial charge in [0.25, 0.3) is 5.91 Å². The van der Waals surface area contributed by atoms with Crippen LogP contribution in [-0.2, 0) is 11.4 Å². The van der Waals surface area contributed by atoms with Crippen LogP contribution in [0.2, 0.25) is 0 Å². The molecule has 3 aromatic rings. The molecule has 0 saturated carbocycles. The summed E-state index contributed by atoms with van der Waals surface area (Å²) in [5.41, 5.74) is 2.70. The molecule has 1 saturated heterocycles. The van der Waals surface area contributed by atoms with E-state index in [0.717, 1.165) is 16.8 Å². The van der Waals surface area contributed by atoms with Gasteiger partial charge in [0.05, 0.1) is 17.2 Å². The summed E-state index contributed by atoms with van der Waals surface area (Å²) in [6, 6.07) is 25.1. The number of thioether (sulfide) groups is 1. The van der Waals surface area contributed by atoms with E-state index in [0.29, 0.717) is 33.9 Å². The lowest BCUT2D eigenvalue weighted by atomic mass is 10.1. The van der Waals surface area contributed by atoms with Crippen LogP contribution in [0.25, 0.3) is 6.08 Å². The fraction of sp³-hybridized carbons (Fsp3) is 0.120. The van der Waals surface area contributed by atoms with Crippen LogP contribution in [0.3, 0.4) is 0 Å². The molecule has 0 aliphatic carbocycles. The molecule has 3 aromatic carbocycles. The molecule has 0 spiro atoms. The van der Waals surface area contributed by atoms with Gasteiger partial charge in [-0.15, -0.1) is 0 Å². The fourth-order valence-electron chi connectivity index (χ4n) is 3.16. The summed E-state index contributed by atoms with van der Waals surface area (Å²) in [7, 11) is 0. The van der Waals surface area contributed by atoms with Gasteiger partial charge in [-0.2, -0.15) is 0 Å². The third-order valence-corrected chi connectivity index (χ3v) is 5.91. The van der Waals surface area contributed by atoms with Crippen molar-refractivity contribution in [3.8, 4) is 11.5 Å². The number of carbonyl (C=O) groups is 1. The van der Waals surface area contributed by atoms with E-state index >= 15 is 0 Å². The van der Waals surface area contributed by atoms with Crippen molar-refractivity contribution in [3.63, 3.8) is 0 Å². The van der Waals surface area contributed by atoms with Gasteiger partial charge in [-0.05, 0) is 48.4 Å². The molecular formula is C25H21NO3S2. The van der Waals surface area contributed by atoms with Crippen LogP contribution in [0.1, 0.15) is 18.1 Å². The number of para-hydroxylation sites is 1. The van der Waals surface area contributed by atoms with Crippen LogP contribution in [0, 0.1) is 0 Å². The van der Waals surface area contributed by atoms with Gasteiger partial charge in [0.15, 0.2) is 15.8 Å². The number of carbonyl (C=O) groups excluding carboxylic acids is 1. The Morgan fingerprint density at radius 1 is 0.935 bits per heavy atom. The van der Waals surface area contributed by atoms with Crippen molar-refractivity contribution in [1.29, 1.82) is 0 Å². The van der Waals surface area contributed by atoms with E-state index < -0.39 is 0 Å². The molecule has 1 aliphatic rings. The second-order valence-corrected chi connectivity index (χ2v) is 8.44. The Morgan fingerprint density at radius 3 is 2.35 bits per heavy atom. The van der Waals surface area contributed by atoms with Gasteiger partial charge in [0, 0.05) is 0 Å². The Morgan fingerprint density at radius 2 is 1.65 bits per heavy atom. The lowest BCUT2D eigenvalue weighted by molar-refractivity contribution is -0.113. The highest BCUT2D eigenvalue weighted by Crippen LogP contribution is 2.37. The lowest BCUT2D eigenvalue weighted by Crippen LogP contribution is -2.27. The lowest BCUT2D eigenvalue weighted by Gasteiger charge is -2.14. The summed E-state index contributed by atoms with van der Waals surface area (Å²) >= 11 is 6.74. The van der Waals surface area contributed by atoms with E-state index in [1.807, 2.05) is 91.9 Å². The molecule has 0 N–H and O–H groups in total. The van der Waals surface area contributed by atoms with Crippen LogP contribution in [0.4, 0.5) is 5.69 Å². The zero-order chi connectivity index (χ0) is 21.6. The molecule has 0 radical (unpaired) electrons. The number of anilines is 1. The minimum atomic E-state index is -0.122. The monoisotopic (exact) mass is 447 g/mol. The smallest absolute Gasteiger partial charge is 0.270 e. The summed E-state index contributed by atoms with van der Waals surface area (Å²) in [5.74, 6) is 1.19. The second-order valence-electron chi connectivity index (χ2n) is 6.77. The van der Waals surface area contributed by atoms with E-state index in [1.165, 1.54) is 11.8 Å². The van der Waals surface area contributed by atoms with Crippen LogP contribution in [-0.4, -0.2) is 16.8 Å². The number of hydrogen-bond donors (Lipinski definition) is 0. The first kappa shape index (κ1) is 21.2. The minimum Gasteiger partial charge on any atom is -0.490 e. The molecule has 6 heteroatoms. The first-order chi connectivity index (χ1) is 15.2. The van der Waals surface area contributed by atoms with Gasteiger partial charge in [0.1, 0.15) is 6.61 Å². The van der Waals surface area contributed by atoms with Gasteiger partial charge >= 0.3 is 0 Å². The number of nitrogens with zero attached hydrogens (tertiary/aromatic N) is 1. The van der Waals surface area contributed by atoms with E-state index in [1.54, 1.807) is 4.90 Å². The summed E-state index contributed by atoms with van der Waals surface area (Å²) < 4.78 is 12.3. The predicted octanol–water partition coefficient (Wildman–Crippen LogP) is 6.07. The molecule has 1 aliphatic heterocycles. The molecular weight excluding hydrogens is 426 g/mol. The van der Waals surface area contributed by atoms with Crippen molar-refractivity contribution in [2.75, 3.05) is 11.5 Å². The van der Waals surface area contributed by atoms with Crippen LogP contribution < -0.4 is 14.4 Å². The molecule has 0 unspecified atom stereocenters. The Bertz CT molecular complexity index is 1110. The van der Waals surface area contributed by atoms with Crippen molar-refractivity contribution in [2.45, 2.75) is 13.5 Å². The predicted molar refractivity (Wildman–Crippen MR) is 130 cm³/mol. The zero-order valence-electron chi connectivity index (χ0n) is 17.0. The number of hydrogen-bond acceptors (Lipinski definition) is 5. The SMILES string of the molecule is CCOc1cc(/C=C2\SC(=S)N(c3ccccc3)C2=O)ccc1OCc1ccccc1. The van der Waals surface area contributed by atoms with Crippen LogP contribution in [0.15, 0.2) is 83.8 Å². The third-order valence-electron chi connectivity index (χ3n) is 4.61. The van der Waals surface area contributed by atoms with E-state index in [2.05, 4.69) is 0 Å². The summed E-state index contributed by atoms with van der Waals surface area (Å²) in [6.45, 7) is 2.90. The van der Waals surface area contributed by atoms with E-state index in [4.69, 9.17) is 21.7 Å². The van der Waals surface area contributed by atoms with Crippen molar-refractivity contribution in [3.05, 3.63) is 94.9 Å². The van der Waals surface area contributed by atoms with Crippen molar-refractivity contribution in [2.24, 2.45) is 0 Å². The maximum atomic E-state index is 13.0. The molecule has 0 aromatic heterocycles. The molecule has 1 heterocycles. The molecule has 4 rings (SSSR count). The summed E-state index contributed by atoms with van der Waals surface area (Å²) in [5, 5.41) is 0. The van der Waals surface area contributed by atoms with E-state index in [-0.39, 0.29) is 5.91 Å². The average Bonchev–Trinajstić information content (AvgIpc) is 3.07. The van der Waals surface area contributed by atoms with Crippen LogP contribution in [0.5, 0.6) is 11.5 Å². The first-order valence-corrected chi connectivity index (χ1v) is 11.1. The number of ether oxygens (including phenoxy) is 2. The van der Waals surface area contributed by atoms with Gasteiger partial charge in [0.2, 0.25) is 0 Å². The zero-order valence-corrected chi connectivity index (χ0v) is 18.6. The molecule has 1 amide bonds. The van der Waals surface area contributed by atoms with Gasteiger partial charge < -0.3 is 9.47 Å². The summed E-state index contributed by atoms with van der Waals surface area (Å²) in [6.07, 6.45) is 1.84. The van der Waals surface area contributed by atoms with Gasteiger partial charge in [-0.25, -0.2) is 0 Å². The number of rotatable bonds is 7. The first-order valence-electron chi connectivity index (χ1n) is 9.92. The van der Waals surface area contributed by atoms with Crippen molar-refractivity contribution >= 4 is 46.0 Å². The number of thiocarbonyl (C=S) groups is 1. The van der Waals surface area contributed by atoms with Crippen LogP contribution >= 0.6 is 24.0 Å². The molecule has 0 bridgehead atoms. The normalized spacial score (nSPS) is 14.9. The highest BCUT2D eigenvalue weighted by molar-refractivity contribution is 8.27. The molecule has 1 fully saturated rings. The average molecular weight is 448 g/mol. The Kier molecular flexibility index (Phi) is 6.70. The second kappa shape index (κ2) is 9.81. The third kappa shape index (κ3) is 4.98. The molecule has 4 nitrogen and oxygen atoms in total. The summed E-state index contributed by atoms with van der Waals surface area (Å²) in [4.78, 5) is 15.1. The highest BCUT2D eigenvalue weighted by Gasteiger charge is 2.33. The fourth-order valence-corrected chi connectivity index (χ4v) is 4.46. The Hall–Kier alpha value is -3.09. The maximum absolute atomic E-state index is 13.0. The maximum Gasteiger partial charge on any atom is 0.270 e. The van der Waals surface area contributed by atoms with Crippen molar-refractivity contribution < 1.29 is 14.3 Å². The van der Waals surface area contributed by atoms with E-state index in [9.17, 15) is 4.79 Å².